The van der Waals surface area contributed by atoms with E-state index < -0.39 is 22.9 Å². The van der Waals surface area contributed by atoms with Crippen LogP contribution >= 0.6 is 11.8 Å². The van der Waals surface area contributed by atoms with E-state index in [4.69, 9.17) is 15.2 Å². The van der Waals surface area contributed by atoms with Gasteiger partial charge < -0.3 is 20.5 Å². The van der Waals surface area contributed by atoms with Gasteiger partial charge in [0.25, 0.3) is 5.91 Å². The van der Waals surface area contributed by atoms with Gasteiger partial charge in [-0.2, -0.15) is 0 Å². The summed E-state index contributed by atoms with van der Waals surface area (Å²) >= 11 is 1.13. The van der Waals surface area contributed by atoms with Crippen LogP contribution in [0, 0.1) is 5.82 Å². The Labute approximate surface area is 171 Å². The van der Waals surface area contributed by atoms with E-state index in [0.717, 1.165) is 11.8 Å². The number of anilines is 1. The van der Waals surface area contributed by atoms with Crippen molar-refractivity contribution in [3.05, 3.63) is 59.9 Å². The molecule has 29 heavy (non-hydrogen) atoms. The first-order valence-corrected chi connectivity index (χ1v) is 9.72. The summed E-state index contributed by atoms with van der Waals surface area (Å²) in [5, 5.41) is 2.07. The maximum atomic E-state index is 12.9. The van der Waals surface area contributed by atoms with Crippen molar-refractivity contribution >= 4 is 35.2 Å². The standard InChI is InChI=1S/C20H21FN2O5S/c1-13(29-12-19(25)23-16-7-5-15(21)6-8-16)20(26)28-10-14-3-2-4-17(9-14)27-11-18(22)24/h2-9,13H,10-12H2,1H3,(H2,22,24)(H,23,25). The van der Waals surface area contributed by atoms with Crippen molar-refractivity contribution in [2.24, 2.45) is 5.73 Å². The van der Waals surface area contributed by atoms with Crippen LogP contribution < -0.4 is 15.8 Å². The Bertz CT molecular complexity index is 860. The maximum absolute atomic E-state index is 12.9. The number of thioether (sulfide) groups is 1. The molecular weight excluding hydrogens is 399 g/mol. The molecule has 7 nitrogen and oxygen atoms in total. The molecule has 2 rings (SSSR count). The quantitative estimate of drug-likeness (QED) is 0.572. The van der Waals surface area contributed by atoms with Crippen LogP contribution in [0.25, 0.3) is 0 Å². The lowest BCUT2D eigenvalue weighted by Crippen LogP contribution is -2.21. The fourth-order valence-corrected chi connectivity index (χ4v) is 2.83. The Morgan fingerprint density at radius 2 is 1.90 bits per heavy atom. The molecule has 0 fully saturated rings. The van der Waals surface area contributed by atoms with E-state index >= 15 is 0 Å². The van der Waals surface area contributed by atoms with Crippen LogP contribution in [0.2, 0.25) is 0 Å². The van der Waals surface area contributed by atoms with Crippen molar-refractivity contribution < 1.29 is 28.2 Å². The Morgan fingerprint density at radius 3 is 2.59 bits per heavy atom. The van der Waals surface area contributed by atoms with E-state index in [2.05, 4.69) is 5.32 Å². The molecule has 2 aromatic rings. The molecule has 0 aliphatic carbocycles. The Hall–Kier alpha value is -3.07. The number of esters is 1. The molecule has 0 bridgehead atoms. The zero-order chi connectivity index (χ0) is 21.2. The molecule has 9 heteroatoms. The highest BCUT2D eigenvalue weighted by molar-refractivity contribution is 8.01. The Balaban J connectivity index is 1.74. The molecule has 2 amide bonds. The topological polar surface area (TPSA) is 108 Å². The second-order valence-corrected chi connectivity index (χ2v) is 7.35. The first kappa shape index (κ1) is 22.2. The Morgan fingerprint density at radius 1 is 1.17 bits per heavy atom. The predicted octanol–water partition coefficient (Wildman–Crippen LogP) is 2.49. The molecule has 1 atom stereocenters. The number of nitrogens with two attached hydrogens (primary N) is 1. The van der Waals surface area contributed by atoms with E-state index in [0.29, 0.717) is 17.0 Å². The largest absolute Gasteiger partial charge is 0.484 e. The lowest BCUT2D eigenvalue weighted by Gasteiger charge is -2.12. The van der Waals surface area contributed by atoms with Gasteiger partial charge in [-0.05, 0) is 48.9 Å². The summed E-state index contributed by atoms with van der Waals surface area (Å²) in [6.45, 7) is 1.43. The van der Waals surface area contributed by atoms with Gasteiger partial charge in [-0.15, -0.1) is 11.8 Å². The first-order chi connectivity index (χ1) is 13.8. The minimum absolute atomic E-state index is 0.0271. The predicted molar refractivity (Wildman–Crippen MR) is 108 cm³/mol. The highest BCUT2D eigenvalue weighted by Gasteiger charge is 2.17. The molecule has 0 saturated heterocycles. The third-order valence-corrected chi connectivity index (χ3v) is 4.71. The number of halogens is 1. The Kier molecular flexibility index (Phi) is 8.47. The van der Waals surface area contributed by atoms with E-state index in [1.54, 1.807) is 31.2 Å². The number of amides is 2. The van der Waals surface area contributed by atoms with Crippen LogP contribution in [0.1, 0.15) is 12.5 Å². The van der Waals surface area contributed by atoms with Gasteiger partial charge in [0.2, 0.25) is 5.91 Å². The minimum atomic E-state index is -0.587. The monoisotopic (exact) mass is 420 g/mol. The van der Waals surface area contributed by atoms with Gasteiger partial charge in [0.1, 0.15) is 23.4 Å². The molecule has 0 aromatic heterocycles. The van der Waals surface area contributed by atoms with Crippen LogP contribution in [-0.4, -0.2) is 35.4 Å². The molecule has 3 N–H and O–H groups in total. The summed E-state index contributed by atoms with van der Waals surface area (Å²) in [4.78, 5) is 34.8. The molecule has 0 aliphatic rings. The molecule has 0 saturated carbocycles. The summed E-state index contributed by atoms with van der Waals surface area (Å²) in [6, 6.07) is 12.2. The van der Waals surface area contributed by atoms with E-state index in [-0.39, 0.29) is 24.9 Å². The van der Waals surface area contributed by atoms with Crippen LogP contribution in [0.4, 0.5) is 10.1 Å². The van der Waals surface area contributed by atoms with Crippen molar-refractivity contribution in [2.45, 2.75) is 18.8 Å². The lowest BCUT2D eigenvalue weighted by molar-refractivity contribution is -0.143. The summed E-state index contributed by atoms with van der Waals surface area (Å²) < 4.78 is 23.3. The average Bonchev–Trinajstić information content (AvgIpc) is 2.70. The number of carbonyl (C=O) groups excluding carboxylic acids is 3. The number of nitrogens with one attached hydrogen (secondary N) is 1. The number of benzene rings is 2. The smallest absolute Gasteiger partial charge is 0.319 e. The number of rotatable bonds is 10. The van der Waals surface area contributed by atoms with Crippen LogP contribution in [0.15, 0.2) is 48.5 Å². The summed E-state index contributed by atoms with van der Waals surface area (Å²) in [5.74, 6) is -1.26. The van der Waals surface area contributed by atoms with Gasteiger partial charge >= 0.3 is 5.97 Å². The summed E-state index contributed by atoms with van der Waals surface area (Å²) in [7, 11) is 0. The zero-order valence-corrected chi connectivity index (χ0v) is 16.5. The van der Waals surface area contributed by atoms with Gasteiger partial charge in [0.05, 0.1) is 5.75 Å². The van der Waals surface area contributed by atoms with E-state index in [9.17, 15) is 18.8 Å². The van der Waals surface area contributed by atoms with E-state index in [1.807, 2.05) is 0 Å². The fraction of sp³-hybridized carbons (Fsp3) is 0.250. The first-order valence-electron chi connectivity index (χ1n) is 8.67. The molecule has 0 spiro atoms. The third kappa shape index (κ3) is 8.22. The van der Waals surface area contributed by atoms with Crippen molar-refractivity contribution in [3.8, 4) is 5.75 Å². The number of hydrogen-bond acceptors (Lipinski definition) is 6. The van der Waals surface area contributed by atoms with Crippen LogP contribution in [0.5, 0.6) is 5.75 Å². The van der Waals surface area contributed by atoms with Crippen molar-refractivity contribution in [3.63, 3.8) is 0 Å². The van der Waals surface area contributed by atoms with Gasteiger partial charge in [-0.3, -0.25) is 14.4 Å². The van der Waals surface area contributed by atoms with E-state index in [1.165, 1.54) is 24.3 Å². The van der Waals surface area contributed by atoms with Crippen LogP contribution in [-0.2, 0) is 25.7 Å². The number of carbonyl (C=O) groups is 3. The molecular formula is C20H21FN2O5S. The van der Waals surface area contributed by atoms with Crippen molar-refractivity contribution in [1.29, 1.82) is 0 Å². The second kappa shape index (κ2) is 11.1. The SMILES string of the molecule is CC(SCC(=O)Nc1ccc(F)cc1)C(=O)OCc1cccc(OCC(N)=O)c1. The number of ether oxygens (including phenoxy) is 2. The normalized spacial score (nSPS) is 11.4. The van der Waals surface area contributed by atoms with Crippen molar-refractivity contribution in [1.82, 2.24) is 0 Å². The summed E-state index contributed by atoms with van der Waals surface area (Å²) in [6.07, 6.45) is 0. The summed E-state index contributed by atoms with van der Waals surface area (Å²) in [5.41, 5.74) is 6.19. The minimum Gasteiger partial charge on any atom is -0.484 e. The lowest BCUT2D eigenvalue weighted by atomic mass is 10.2. The molecule has 0 heterocycles. The second-order valence-electron chi connectivity index (χ2n) is 6.02. The van der Waals surface area contributed by atoms with Gasteiger partial charge in [0, 0.05) is 5.69 Å². The molecule has 154 valence electrons. The molecule has 0 radical (unpaired) electrons. The number of primary amides is 1. The third-order valence-electron chi connectivity index (χ3n) is 3.58. The highest BCUT2D eigenvalue weighted by atomic mass is 32.2. The molecule has 2 aromatic carbocycles. The highest BCUT2D eigenvalue weighted by Crippen LogP contribution is 2.17. The zero-order valence-electron chi connectivity index (χ0n) is 15.7. The van der Waals surface area contributed by atoms with Gasteiger partial charge in [-0.25, -0.2) is 4.39 Å². The van der Waals surface area contributed by atoms with Crippen LogP contribution in [0.3, 0.4) is 0 Å². The maximum Gasteiger partial charge on any atom is 0.319 e. The number of hydrogen-bond donors (Lipinski definition) is 2. The molecule has 0 aliphatic heterocycles. The average molecular weight is 420 g/mol. The van der Waals surface area contributed by atoms with Gasteiger partial charge in [0.15, 0.2) is 6.61 Å². The molecule has 1 unspecified atom stereocenters. The van der Waals surface area contributed by atoms with Gasteiger partial charge in [-0.1, -0.05) is 12.1 Å². The van der Waals surface area contributed by atoms with Crippen molar-refractivity contribution in [2.75, 3.05) is 17.7 Å². The fourth-order valence-electron chi connectivity index (χ4n) is 2.15.